The van der Waals surface area contributed by atoms with Gasteiger partial charge in [0, 0.05) is 12.6 Å². The minimum absolute atomic E-state index is 0.00176. The number of nitrogens with two attached hydrogens (primary N) is 1. The van der Waals surface area contributed by atoms with E-state index < -0.39 is 12.1 Å². The van der Waals surface area contributed by atoms with Crippen LogP contribution in [0.4, 0.5) is 13.2 Å². The molecule has 5 heteroatoms. The first-order valence-electron chi connectivity index (χ1n) is 5.75. The zero-order valence-corrected chi connectivity index (χ0v) is 9.56. The smallest absolute Gasteiger partial charge is 0.391 e. The SMILES string of the molecule is CC(N)C1(CCO)CCC(C(F)(F)F)CC1. The normalized spacial score (nSPS) is 33.8. The average Bonchev–Trinajstić information content (AvgIpc) is 2.17. The summed E-state index contributed by atoms with van der Waals surface area (Å²) >= 11 is 0. The zero-order chi connectivity index (χ0) is 12.4. The molecule has 1 atom stereocenters. The molecule has 0 spiro atoms. The van der Waals surface area contributed by atoms with Crippen molar-refractivity contribution in [2.45, 2.75) is 51.2 Å². The fraction of sp³-hybridized carbons (Fsp3) is 1.00. The van der Waals surface area contributed by atoms with E-state index in [4.69, 9.17) is 10.8 Å². The van der Waals surface area contributed by atoms with Gasteiger partial charge in [-0.05, 0) is 44.4 Å². The Labute approximate surface area is 94.0 Å². The van der Waals surface area contributed by atoms with Gasteiger partial charge in [0.25, 0.3) is 0 Å². The van der Waals surface area contributed by atoms with E-state index in [9.17, 15) is 13.2 Å². The van der Waals surface area contributed by atoms with Crippen LogP contribution in [0.25, 0.3) is 0 Å². The third kappa shape index (κ3) is 2.88. The molecule has 2 nitrogen and oxygen atoms in total. The van der Waals surface area contributed by atoms with Gasteiger partial charge in [0.1, 0.15) is 0 Å². The monoisotopic (exact) mass is 239 g/mol. The zero-order valence-electron chi connectivity index (χ0n) is 9.56. The van der Waals surface area contributed by atoms with E-state index in [1.807, 2.05) is 6.92 Å². The van der Waals surface area contributed by atoms with Gasteiger partial charge in [0.05, 0.1) is 5.92 Å². The summed E-state index contributed by atoms with van der Waals surface area (Å²) in [5.74, 6) is -1.18. The number of halogens is 3. The van der Waals surface area contributed by atoms with E-state index in [2.05, 4.69) is 0 Å². The summed E-state index contributed by atoms with van der Waals surface area (Å²) < 4.78 is 37.5. The minimum atomic E-state index is -4.08. The van der Waals surface area contributed by atoms with Crippen molar-refractivity contribution in [2.75, 3.05) is 6.61 Å². The van der Waals surface area contributed by atoms with Crippen LogP contribution in [-0.2, 0) is 0 Å². The molecule has 1 aliphatic rings. The van der Waals surface area contributed by atoms with Gasteiger partial charge in [0.2, 0.25) is 0 Å². The van der Waals surface area contributed by atoms with Crippen LogP contribution in [0.3, 0.4) is 0 Å². The summed E-state index contributed by atoms with van der Waals surface area (Å²) in [4.78, 5) is 0. The Balaban J connectivity index is 2.63. The maximum absolute atomic E-state index is 12.5. The summed E-state index contributed by atoms with van der Waals surface area (Å²) in [6, 6.07) is -0.158. The highest BCUT2D eigenvalue weighted by atomic mass is 19.4. The molecule has 0 amide bonds. The molecule has 3 N–H and O–H groups in total. The van der Waals surface area contributed by atoms with E-state index in [-0.39, 0.29) is 30.9 Å². The molecule has 96 valence electrons. The summed E-state index contributed by atoms with van der Waals surface area (Å²) in [7, 11) is 0. The van der Waals surface area contributed by atoms with Gasteiger partial charge in [-0.2, -0.15) is 13.2 Å². The Kier molecular flexibility index (Phi) is 4.23. The van der Waals surface area contributed by atoms with E-state index >= 15 is 0 Å². The van der Waals surface area contributed by atoms with Crippen LogP contribution in [0.15, 0.2) is 0 Å². The Morgan fingerprint density at radius 2 is 1.88 bits per heavy atom. The highest BCUT2D eigenvalue weighted by Crippen LogP contribution is 2.47. The summed E-state index contributed by atoms with van der Waals surface area (Å²) in [6.45, 7) is 1.82. The number of rotatable bonds is 3. The Morgan fingerprint density at radius 1 is 1.38 bits per heavy atom. The molecular weight excluding hydrogens is 219 g/mol. The number of hydrogen-bond donors (Lipinski definition) is 2. The standard InChI is InChI=1S/C11H20F3NO/c1-8(15)10(6-7-16)4-2-9(3-5-10)11(12,13)14/h8-9,16H,2-7,15H2,1H3. The molecule has 0 saturated heterocycles. The van der Waals surface area contributed by atoms with Crippen LogP contribution < -0.4 is 5.73 Å². The van der Waals surface area contributed by atoms with Crippen molar-refractivity contribution in [1.29, 1.82) is 0 Å². The average molecular weight is 239 g/mol. The van der Waals surface area contributed by atoms with Gasteiger partial charge < -0.3 is 10.8 Å². The third-order valence-electron chi connectivity index (χ3n) is 4.02. The fourth-order valence-corrected chi connectivity index (χ4v) is 2.68. The quantitative estimate of drug-likeness (QED) is 0.794. The molecule has 0 bridgehead atoms. The van der Waals surface area contributed by atoms with Crippen molar-refractivity contribution in [3.05, 3.63) is 0 Å². The van der Waals surface area contributed by atoms with Crippen molar-refractivity contribution in [1.82, 2.24) is 0 Å². The number of aliphatic hydroxyl groups excluding tert-OH is 1. The first-order valence-corrected chi connectivity index (χ1v) is 5.75. The first kappa shape index (κ1) is 13.8. The second kappa shape index (κ2) is 4.92. The maximum Gasteiger partial charge on any atom is 0.391 e. The van der Waals surface area contributed by atoms with Gasteiger partial charge in [-0.3, -0.25) is 0 Å². The van der Waals surface area contributed by atoms with Crippen LogP contribution in [0.1, 0.15) is 39.0 Å². The van der Waals surface area contributed by atoms with Gasteiger partial charge in [-0.1, -0.05) is 0 Å². The molecule has 0 aromatic rings. The lowest BCUT2D eigenvalue weighted by Gasteiger charge is -2.43. The second-order valence-electron chi connectivity index (χ2n) is 4.94. The molecule has 0 aromatic carbocycles. The number of aliphatic hydroxyl groups is 1. The molecule has 0 radical (unpaired) electrons. The molecule has 16 heavy (non-hydrogen) atoms. The largest absolute Gasteiger partial charge is 0.396 e. The van der Waals surface area contributed by atoms with Crippen molar-refractivity contribution in [3.63, 3.8) is 0 Å². The van der Waals surface area contributed by atoms with Gasteiger partial charge in [-0.15, -0.1) is 0 Å². The highest BCUT2D eigenvalue weighted by Gasteiger charge is 2.46. The molecule has 0 aromatic heterocycles. The molecule has 0 heterocycles. The summed E-state index contributed by atoms with van der Waals surface area (Å²) in [6.07, 6.45) is -2.35. The fourth-order valence-electron chi connectivity index (χ4n) is 2.68. The lowest BCUT2D eigenvalue weighted by atomic mass is 9.65. The van der Waals surface area contributed by atoms with Crippen molar-refractivity contribution in [3.8, 4) is 0 Å². The summed E-state index contributed by atoms with van der Waals surface area (Å²) in [5, 5.41) is 8.98. The van der Waals surface area contributed by atoms with Crippen LogP contribution in [0.5, 0.6) is 0 Å². The van der Waals surface area contributed by atoms with Gasteiger partial charge in [-0.25, -0.2) is 0 Å². The van der Waals surface area contributed by atoms with Crippen LogP contribution in [-0.4, -0.2) is 23.9 Å². The first-order chi connectivity index (χ1) is 7.32. The van der Waals surface area contributed by atoms with Crippen LogP contribution in [0, 0.1) is 11.3 Å². The molecule has 1 fully saturated rings. The third-order valence-corrected chi connectivity index (χ3v) is 4.02. The Hall–Kier alpha value is -0.290. The minimum Gasteiger partial charge on any atom is -0.396 e. The van der Waals surface area contributed by atoms with E-state index in [0.29, 0.717) is 19.3 Å². The van der Waals surface area contributed by atoms with Gasteiger partial charge >= 0.3 is 6.18 Å². The van der Waals surface area contributed by atoms with Crippen molar-refractivity contribution >= 4 is 0 Å². The number of hydrogen-bond acceptors (Lipinski definition) is 2. The highest BCUT2D eigenvalue weighted by molar-refractivity contribution is 4.92. The van der Waals surface area contributed by atoms with Gasteiger partial charge in [0.15, 0.2) is 0 Å². The summed E-state index contributed by atoms with van der Waals surface area (Å²) in [5.41, 5.74) is 5.56. The van der Waals surface area contributed by atoms with Crippen molar-refractivity contribution < 1.29 is 18.3 Å². The second-order valence-corrected chi connectivity index (χ2v) is 4.94. The van der Waals surface area contributed by atoms with Crippen molar-refractivity contribution in [2.24, 2.45) is 17.1 Å². The molecular formula is C11H20F3NO. The molecule has 1 aliphatic carbocycles. The lowest BCUT2D eigenvalue weighted by molar-refractivity contribution is -0.188. The maximum atomic E-state index is 12.5. The molecule has 1 unspecified atom stereocenters. The van der Waals surface area contributed by atoms with E-state index in [1.165, 1.54) is 0 Å². The van der Waals surface area contributed by atoms with E-state index in [1.54, 1.807) is 0 Å². The lowest BCUT2D eigenvalue weighted by Crippen LogP contribution is -2.44. The Morgan fingerprint density at radius 3 is 2.19 bits per heavy atom. The van der Waals surface area contributed by atoms with Crippen LogP contribution in [0.2, 0.25) is 0 Å². The number of alkyl halides is 3. The molecule has 0 aliphatic heterocycles. The topological polar surface area (TPSA) is 46.2 Å². The molecule has 1 saturated carbocycles. The predicted octanol–water partition coefficient (Wildman–Crippen LogP) is 2.45. The Bertz CT molecular complexity index is 220. The predicted molar refractivity (Wildman–Crippen MR) is 55.8 cm³/mol. The van der Waals surface area contributed by atoms with E-state index in [0.717, 1.165) is 0 Å². The van der Waals surface area contributed by atoms with Crippen LogP contribution >= 0.6 is 0 Å². The molecule has 1 rings (SSSR count).